The third-order valence-corrected chi connectivity index (χ3v) is 4.09. The minimum atomic E-state index is 0.0254. The van der Waals surface area contributed by atoms with Gasteiger partial charge >= 0.3 is 0 Å². The van der Waals surface area contributed by atoms with E-state index in [1.165, 1.54) is 0 Å². The van der Waals surface area contributed by atoms with Crippen LogP contribution in [-0.2, 0) is 0 Å². The zero-order valence-corrected chi connectivity index (χ0v) is 11.3. The van der Waals surface area contributed by atoms with Crippen molar-refractivity contribution in [1.29, 1.82) is 0 Å². The topological polar surface area (TPSA) is 33.3 Å². The molecule has 17 heavy (non-hydrogen) atoms. The smallest absolute Gasteiger partial charge is 0.144 e. The van der Waals surface area contributed by atoms with Crippen LogP contribution in [0, 0.1) is 5.41 Å². The SMILES string of the molecule is COc1cccc2c1NCC(C)(C)C(C)(C)N2. The van der Waals surface area contributed by atoms with E-state index in [-0.39, 0.29) is 11.0 Å². The van der Waals surface area contributed by atoms with Crippen molar-refractivity contribution >= 4 is 11.4 Å². The van der Waals surface area contributed by atoms with Gasteiger partial charge in [0.2, 0.25) is 0 Å². The average Bonchev–Trinajstić information content (AvgIpc) is 2.34. The maximum atomic E-state index is 5.40. The minimum Gasteiger partial charge on any atom is -0.495 e. The molecule has 1 aliphatic heterocycles. The molecule has 0 fully saturated rings. The molecule has 0 bridgehead atoms. The summed E-state index contributed by atoms with van der Waals surface area (Å²) in [7, 11) is 1.71. The molecule has 1 aliphatic rings. The monoisotopic (exact) mass is 234 g/mol. The molecule has 3 heteroatoms. The fraction of sp³-hybridized carbons (Fsp3) is 0.571. The van der Waals surface area contributed by atoms with Crippen LogP contribution in [-0.4, -0.2) is 19.2 Å². The van der Waals surface area contributed by atoms with Gasteiger partial charge in [-0.15, -0.1) is 0 Å². The molecule has 0 saturated carbocycles. The van der Waals surface area contributed by atoms with E-state index >= 15 is 0 Å². The van der Waals surface area contributed by atoms with Crippen molar-refractivity contribution in [3.63, 3.8) is 0 Å². The van der Waals surface area contributed by atoms with Gasteiger partial charge in [-0.05, 0) is 26.0 Å². The Kier molecular flexibility index (Phi) is 2.72. The van der Waals surface area contributed by atoms with E-state index in [0.717, 1.165) is 23.7 Å². The summed E-state index contributed by atoms with van der Waals surface area (Å²) in [6.07, 6.45) is 0. The molecular weight excluding hydrogens is 212 g/mol. The standard InChI is InChI=1S/C14H22N2O/c1-13(2)9-15-12-10(16-14(13,3)4)7-6-8-11(12)17-5/h6-8,15-16H,9H2,1-5H3. The Bertz CT molecular complexity index is 424. The molecule has 1 heterocycles. The molecule has 2 rings (SSSR count). The van der Waals surface area contributed by atoms with E-state index in [9.17, 15) is 0 Å². The van der Waals surface area contributed by atoms with E-state index in [2.05, 4.69) is 44.4 Å². The van der Waals surface area contributed by atoms with Gasteiger partial charge in [-0.25, -0.2) is 0 Å². The highest BCUT2D eigenvalue weighted by Gasteiger charge is 2.39. The number of nitrogens with one attached hydrogen (secondary N) is 2. The van der Waals surface area contributed by atoms with Gasteiger partial charge in [-0.1, -0.05) is 19.9 Å². The first-order chi connectivity index (χ1) is 7.87. The zero-order chi connectivity index (χ0) is 12.7. The van der Waals surface area contributed by atoms with Crippen molar-refractivity contribution in [2.45, 2.75) is 33.2 Å². The first-order valence-electron chi connectivity index (χ1n) is 6.06. The Morgan fingerprint density at radius 1 is 1.18 bits per heavy atom. The molecule has 0 atom stereocenters. The Labute approximate surface area is 104 Å². The Hall–Kier alpha value is -1.38. The van der Waals surface area contributed by atoms with Gasteiger partial charge < -0.3 is 15.4 Å². The molecule has 0 aromatic heterocycles. The van der Waals surface area contributed by atoms with E-state index in [4.69, 9.17) is 4.74 Å². The maximum absolute atomic E-state index is 5.40. The summed E-state index contributed by atoms with van der Waals surface area (Å²) >= 11 is 0. The lowest BCUT2D eigenvalue weighted by Gasteiger charge is -2.40. The molecule has 0 amide bonds. The molecule has 0 unspecified atom stereocenters. The molecule has 0 aliphatic carbocycles. The van der Waals surface area contributed by atoms with Crippen molar-refractivity contribution in [3.05, 3.63) is 18.2 Å². The van der Waals surface area contributed by atoms with Crippen LogP contribution in [0.2, 0.25) is 0 Å². The molecule has 2 N–H and O–H groups in total. The number of hydrogen-bond acceptors (Lipinski definition) is 3. The average molecular weight is 234 g/mol. The van der Waals surface area contributed by atoms with E-state index in [1.54, 1.807) is 7.11 Å². The van der Waals surface area contributed by atoms with Crippen molar-refractivity contribution in [1.82, 2.24) is 0 Å². The zero-order valence-electron chi connectivity index (χ0n) is 11.3. The second-order valence-corrected chi connectivity index (χ2v) is 5.87. The van der Waals surface area contributed by atoms with Crippen molar-refractivity contribution in [2.24, 2.45) is 5.41 Å². The Morgan fingerprint density at radius 3 is 2.53 bits per heavy atom. The normalized spacial score (nSPS) is 20.5. The molecule has 1 aromatic carbocycles. The van der Waals surface area contributed by atoms with Gasteiger partial charge in [-0.2, -0.15) is 0 Å². The number of fused-ring (bicyclic) bond motifs is 1. The van der Waals surface area contributed by atoms with Crippen LogP contribution in [0.1, 0.15) is 27.7 Å². The lowest BCUT2D eigenvalue weighted by Crippen LogP contribution is -2.47. The largest absolute Gasteiger partial charge is 0.495 e. The lowest BCUT2D eigenvalue weighted by atomic mass is 9.74. The van der Waals surface area contributed by atoms with Crippen molar-refractivity contribution < 1.29 is 4.74 Å². The minimum absolute atomic E-state index is 0.0254. The van der Waals surface area contributed by atoms with Gasteiger partial charge in [0.15, 0.2) is 0 Å². The number of benzene rings is 1. The summed E-state index contributed by atoms with van der Waals surface area (Å²) in [6.45, 7) is 9.93. The summed E-state index contributed by atoms with van der Waals surface area (Å²) in [5, 5.41) is 7.12. The van der Waals surface area contributed by atoms with Crippen LogP contribution in [0.3, 0.4) is 0 Å². The van der Waals surface area contributed by atoms with Crippen LogP contribution in [0.25, 0.3) is 0 Å². The second-order valence-electron chi connectivity index (χ2n) is 5.87. The summed E-state index contributed by atoms with van der Waals surface area (Å²) < 4.78 is 5.40. The van der Waals surface area contributed by atoms with Crippen molar-refractivity contribution in [3.8, 4) is 5.75 Å². The number of para-hydroxylation sites is 1. The van der Waals surface area contributed by atoms with Crippen LogP contribution >= 0.6 is 0 Å². The van der Waals surface area contributed by atoms with Crippen LogP contribution in [0.15, 0.2) is 18.2 Å². The highest BCUT2D eigenvalue weighted by atomic mass is 16.5. The predicted octanol–water partition coefficient (Wildman–Crippen LogP) is 3.34. The fourth-order valence-electron chi connectivity index (χ4n) is 2.02. The van der Waals surface area contributed by atoms with Crippen LogP contribution < -0.4 is 15.4 Å². The highest BCUT2D eigenvalue weighted by Crippen LogP contribution is 2.42. The number of rotatable bonds is 1. The molecule has 94 valence electrons. The molecule has 0 saturated heterocycles. The van der Waals surface area contributed by atoms with Crippen molar-refractivity contribution in [2.75, 3.05) is 24.3 Å². The van der Waals surface area contributed by atoms with E-state index < -0.39 is 0 Å². The van der Waals surface area contributed by atoms with Gasteiger partial charge in [0.25, 0.3) is 0 Å². The second kappa shape index (κ2) is 3.83. The summed E-state index contributed by atoms with van der Waals surface area (Å²) in [5.74, 6) is 0.892. The Balaban J connectivity index is 2.47. The van der Waals surface area contributed by atoms with Crippen LogP contribution in [0.5, 0.6) is 5.75 Å². The third kappa shape index (κ3) is 1.94. The summed E-state index contributed by atoms with van der Waals surface area (Å²) in [4.78, 5) is 0. The van der Waals surface area contributed by atoms with E-state index in [1.807, 2.05) is 12.1 Å². The fourth-order valence-corrected chi connectivity index (χ4v) is 2.02. The van der Waals surface area contributed by atoms with Crippen LogP contribution in [0.4, 0.5) is 11.4 Å². The maximum Gasteiger partial charge on any atom is 0.144 e. The van der Waals surface area contributed by atoms with Gasteiger partial charge in [0, 0.05) is 17.5 Å². The third-order valence-electron chi connectivity index (χ3n) is 4.09. The number of anilines is 2. The van der Waals surface area contributed by atoms with Gasteiger partial charge in [-0.3, -0.25) is 0 Å². The summed E-state index contributed by atoms with van der Waals surface area (Å²) in [6, 6.07) is 6.09. The quantitative estimate of drug-likeness (QED) is 0.782. The van der Waals surface area contributed by atoms with Gasteiger partial charge in [0.05, 0.1) is 12.8 Å². The number of methoxy groups -OCH3 is 1. The molecule has 3 nitrogen and oxygen atoms in total. The molecule has 0 radical (unpaired) electrons. The predicted molar refractivity (Wildman–Crippen MR) is 73.0 cm³/mol. The molecule has 1 aromatic rings. The Morgan fingerprint density at radius 2 is 1.88 bits per heavy atom. The first kappa shape index (κ1) is 12.1. The first-order valence-corrected chi connectivity index (χ1v) is 6.06. The highest BCUT2D eigenvalue weighted by molar-refractivity contribution is 5.77. The molecule has 0 spiro atoms. The summed E-state index contributed by atoms with van der Waals surface area (Å²) in [5.41, 5.74) is 2.35. The number of ether oxygens (including phenoxy) is 1. The lowest BCUT2D eigenvalue weighted by molar-refractivity contribution is 0.245. The van der Waals surface area contributed by atoms with E-state index in [0.29, 0.717) is 0 Å². The van der Waals surface area contributed by atoms with Gasteiger partial charge in [0.1, 0.15) is 11.4 Å². The number of hydrogen-bond donors (Lipinski definition) is 2. The molecular formula is C14H22N2O.